The maximum absolute atomic E-state index is 5.89. The zero-order valence-electron chi connectivity index (χ0n) is 11.3. The average molecular weight is 242 g/mol. The van der Waals surface area contributed by atoms with E-state index in [0.29, 0.717) is 0 Å². The molecular weight excluding hydrogens is 224 g/mol. The molecule has 0 saturated heterocycles. The van der Waals surface area contributed by atoms with E-state index in [2.05, 4.69) is 26.0 Å². The predicted molar refractivity (Wildman–Crippen MR) is 73.7 cm³/mol. The maximum Gasteiger partial charge on any atom is 0.130 e. The third-order valence-electron chi connectivity index (χ3n) is 2.92. The van der Waals surface area contributed by atoms with E-state index in [9.17, 15) is 0 Å². The summed E-state index contributed by atoms with van der Waals surface area (Å²) in [6.45, 7) is 6.14. The molecule has 94 valence electrons. The van der Waals surface area contributed by atoms with Crippen LogP contribution in [0.4, 0.5) is 0 Å². The van der Waals surface area contributed by atoms with Gasteiger partial charge in [-0.2, -0.15) is 0 Å². The molecule has 0 aromatic heterocycles. The fourth-order valence-electron chi connectivity index (χ4n) is 1.96. The van der Waals surface area contributed by atoms with E-state index in [4.69, 9.17) is 9.47 Å². The van der Waals surface area contributed by atoms with Crippen LogP contribution in [0.3, 0.4) is 0 Å². The summed E-state index contributed by atoms with van der Waals surface area (Å²) in [6.07, 6.45) is 0. The third-order valence-corrected chi connectivity index (χ3v) is 2.92. The third kappa shape index (κ3) is 2.65. The smallest absolute Gasteiger partial charge is 0.130 e. The Labute approximate surface area is 108 Å². The first kappa shape index (κ1) is 12.5. The monoisotopic (exact) mass is 242 g/mol. The van der Waals surface area contributed by atoms with E-state index in [0.717, 1.165) is 28.4 Å². The second-order valence-electron chi connectivity index (χ2n) is 4.50. The molecule has 0 radical (unpaired) electrons. The zero-order chi connectivity index (χ0) is 13.1. The Morgan fingerprint density at radius 2 is 1.44 bits per heavy atom. The van der Waals surface area contributed by atoms with Crippen LogP contribution in [0.5, 0.6) is 17.2 Å². The summed E-state index contributed by atoms with van der Waals surface area (Å²) >= 11 is 0. The number of rotatable bonds is 3. The minimum atomic E-state index is 0.834. The van der Waals surface area contributed by atoms with Gasteiger partial charge >= 0.3 is 0 Å². The summed E-state index contributed by atoms with van der Waals surface area (Å²) in [7, 11) is 1.67. The molecule has 0 N–H and O–H groups in total. The van der Waals surface area contributed by atoms with Crippen molar-refractivity contribution < 1.29 is 9.47 Å². The second-order valence-corrected chi connectivity index (χ2v) is 4.50. The molecule has 0 bridgehead atoms. The summed E-state index contributed by atoms with van der Waals surface area (Å²) in [5.74, 6) is 2.60. The van der Waals surface area contributed by atoms with Crippen LogP contribution >= 0.6 is 0 Å². The number of methoxy groups -OCH3 is 1. The molecule has 0 aliphatic rings. The van der Waals surface area contributed by atoms with Crippen molar-refractivity contribution in [1.29, 1.82) is 0 Å². The lowest BCUT2D eigenvalue weighted by molar-refractivity contribution is 0.409. The van der Waals surface area contributed by atoms with E-state index in [-0.39, 0.29) is 0 Å². The standard InChI is InChI=1S/C16H18O2/c1-11-5-7-16(12(2)9-11)18-14-6-8-15(17-4)13(3)10-14/h5-10H,1-4H3. The van der Waals surface area contributed by atoms with Crippen molar-refractivity contribution in [3.63, 3.8) is 0 Å². The Bertz CT molecular complexity index is 559. The van der Waals surface area contributed by atoms with Gasteiger partial charge in [-0.05, 0) is 56.2 Å². The van der Waals surface area contributed by atoms with Gasteiger partial charge in [-0.1, -0.05) is 17.7 Å². The topological polar surface area (TPSA) is 18.5 Å². The van der Waals surface area contributed by atoms with Crippen molar-refractivity contribution in [3.05, 3.63) is 53.1 Å². The van der Waals surface area contributed by atoms with Crippen LogP contribution in [0.25, 0.3) is 0 Å². The SMILES string of the molecule is COc1ccc(Oc2ccc(C)cc2C)cc1C. The van der Waals surface area contributed by atoms with E-state index in [1.165, 1.54) is 5.56 Å². The van der Waals surface area contributed by atoms with Gasteiger partial charge < -0.3 is 9.47 Å². The first-order valence-corrected chi connectivity index (χ1v) is 6.00. The molecule has 0 spiro atoms. The van der Waals surface area contributed by atoms with Gasteiger partial charge in [-0.3, -0.25) is 0 Å². The highest BCUT2D eigenvalue weighted by Crippen LogP contribution is 2.29. The van der Waals surface area contributed by atoms with Gasteiger partial charge in [0, 0.05) is 0 Å². The van der Waals surface area contributed by atoms with Crippen molar-refractivity contribution in [2.24, 2.45) is 0 Å². The summed E-state index contributed by atoms with van der Waals surface area (Å²) in [5, 5.41) is 0. The minimum Gasteiger partial charge on any atom is -0.496 e. The molecule has 0 saturated carbocycles. The maximum atomic E-state index is 5.89. The summed E-state index contributed by atoms with van der Waals surface area (Å²) < 4.78 is 11.1. The summed E-state index contributed by atoms with van der Waals surface area (Å²) in [4.78, 5) is 0. The number of hydrogen-bond donors (Lipinski definition) is 0. The van der Waals surface area contributed by atoms with E-state index >= 15 is 0 Å². The quantitative estimate of drug-likeness (QED) is 0.793. The van der Waals surface area contributed by atoms with Crippen LogP contribution in [-0.2, 0) is 0 Å². The van der Waals surface area contributed by atoms with Crippen molar-refractivity contribution in [2.75, 3.05) is 7.11 Å². The van der Waals surface area contributed by atoms with Crippen molar-refractivity contribution in [3.8, 4) is 17.2 Å². The molecule has 0 amide bonds. The van der Waals surface area contributed by atoms with Gasteiger partial charge in [-0.15, -0.1) is 0 Å². The van der Waals surface area contributed by atoms with Crippen LogP contribution in [0.2, 0.25) is 0 Å². The zero-order valence-corrected chi connectivity index (χ0v) is 11.3. The molecule has 2 heteroatoms. The Balaban J connectivity index is 2.26. The van der Waals surface area contributed by atoms with Crippen LogP contribution < -0.4 is 9.47 Å². The van der Waals surface area contributed by atoms with Gasteiger partial charge in [0.2, 0.25) is 0 Å². The number of aryl methyl sites for hydroxylation is 3. The van der Waals surface area contributed by atoms with Gasteiger partial charge in [-0.25, -0.2) is 0 Å². The molecule has 0 fully saturated rings. The molecule has 0 aliphatic heterocycles. The Morgan fingerprint density at radius 3 is 2.06 bits per heavy atom. The molecule has 0 atom stereocenters. The Morgan fingerprint density at radius 1 is 0.778 bits per heavy atom. The van der Waals surface area contributed by atoms with E-state index < -0.39 is 0 Å². The van der Waals surface area contributed by atoms with Crippen LogP contribution in [0, 0.1) is 20.8 Å². The van der Waals surface area contributed by atoms with Crippen LogP contribution in [0.1, 0.15) is 16.7 Å². The molecule has 2 aromatic carbocycles. The normalized spacial score (nSPS) is 10.2. The lowest BCUT2D eigenvalue weighted by Gasteiger charge is -2.11. The molecule has 0 aliphatic carbocycles. The molecule has 2 rings (SSSR count). The molecule has 18 heavy (non-hydrogen) atoms. The van der Waals surface area contributed by atoms with Crippen molar-refractivity contribution in [2.45, 2.75) is 20.8 Å². The minimum absolute atomic E-state index is 0.834. The summed E-state index contributed by atoms with van der Waals surface area (Å²) in [5.41, 5.74) is 3.45. The molecule has 0 heterocycles. The van der Waals surface area contributed by atoms with Crippen molar-refractivity contribution >= 4 is 0 Å². The fourth-order valence-corrected chi connectivity index (χ4v) is 1.96. The fraction of sp³-hybridized carbons (Fsp3) is 0.250. The van der Waals surface area contributed by atoms with Gasteiger partial charge in [0.25, 0.3) is 0 Å². The number of benzene rings is 2. The average Bonchev–Trinajstić information content (AvgIpc) is 2.33. The number of ether oxygens (including phenoxy) is 2. The van der Waals surface area contributed by atoms with Crippen LogP contribution in [-0.4, -0.2) is 7.11 Å². The molecule has 2 nitrogen and oxygen atoms in total. The van der Waals surface area contributed by atoms with E-state index in [1.54, 1.807) is 7.11 Å². The lowest BCUT2D eigenvalue weighted by Crippen LogP contribution is -1.91. The van der Waals surface area contributed by atoms with Gasteiger partial charge in [0.05, 0.1) is 7.11 Å². The molecule has 2 aromatic rings. The first-order valence-electron chi connectivity index (χ1n) is 6.00. The van der Waals surface area contributed by atoms with Crippen molar-refractivity contribution in [1.82, 2.24) is 0 Å². The number of hydrogen-bond acceptors (Lipinski definition) is 2. The van der Waals surface area contributed by atoms with Gasteiger partial charge in [0.1, 0.15) is 17.2 Å². The summed E-state index contributed by atoms with van der Waals surface area (Å²) in [6, 6.07) is 12.0. The molecular formula is C16H18O2. The second kappa shape index (κ2) is 5.13. The highest BCUT2D eigenvalue weighted by Gasteiger charge is 2.04. The Hall–Kier alpha value is -1.96. The first-order chi connectivity index (χ1) is 8.60. The largest absolute Gasteiger partial charge is 0.496 e. The Kier molecular flexibility index (Phi) is 3.56. The van der Waals surface area contributed by atoms with Gasteiger partial charge in [0.15, 0.2) is 0 Å². The highest BCUT2D eigenvalue weighted by molar-refractivity contribution is 5.43. The highest BCUT2D eigenvalue weighted by atomic mass is 16.5. The molecule has 0 unspecified atom stereocenters. The van der Waals surface area contributed by atoms with Crippen LogP contribution in [0.15, 0.2) is 36.4 Å². The lowest BCUT2D eigenvalue weighted by atomic mass is 10.1. The van der Waals surface area contributed by atoms with E-state index in [1.807, 2.05) is 31.2 Å². The predicted octanol–water partition coefficient (Wildman–Crippen LogP) is 4.41.